The van der Waals surface area contributed by atoms with Gasteiger partial charge >= 0.3 is 0 Å². The molecule has 11 aromatic carbocycles. The summed E-state index contributed by atoms with van der Waals surface area (Å²) in [6.45, 7) is 2.45. The van der Waals surface area contributed by atoms with Crippen LogP contribution in [0, 0.1) is 0 Å². The van der Waals surface area contributed by atoms with Gasteiger partial charge in [0.2, 0.25) is 0 Å². The summed E-state index contributed by atoms with van der Waals surface area (Å²) in [6, 6.07) is 96.9. The molecule has 5 heteroatoms. The van der Waals surface area contributed by atoms with E-state index in [1.54, 1.807) is 0 Å². The number of hydrogen-bond donors (Lipinski definition) is 0. The van der Waals surface area contributed by atoms with E-state index >= 15 is 0 Å². The molecule has 1 aliphatic rings. The lowest BCUT2D eigenvalue weighted by Crippen LogP contribution is -2.10. The highest BCUT2D eigenvalue weighted by Gasteiger charge is 2.30. The minimum Gasteiger partial charge on any atom is -0.309 e. The van der Waals surface area contributed by atoms with Crippen molar-refractivity contribution < 1.29 is 0 Å². The van der Waals surface area contributed by atoms with Gasteiger partial charge in [0.25, 0.3) is 0 Å². The molecule has 0 radical (unpaired) electrons. The average molecular weight is 998 g/mol. The van der Waals surface area contributed by atoms with Gasteiger partial charge < -0.3 is 9.13 Å². The number of para-hydroxylation sites is 4. The van der Waals surface area contributed by atoms with Gasteiger partial charge in [0, 0.05) is 49.5 Å². The first-order chi connectivity index (χ1) is 38.6. The molecule has 78 heavy (non-hydrogen) atoms. The summed E-state index contributed by atoms with van der Waals surface area (Å²) in [5.74, 6) is 2.38. The van der Waals surface area contributed by atoms with Gasteiger partial charge in [0.1, 0.15) is 0 Å². The summed E-state index contributed by atoms with van der Waals surface area (Å²) in [4.78, 5) is 15.2. The Labute approximate surface area is 453 Å². The molecule has 368 valence electrons. The third kappa shape index (κ3) is 7.65. The standard InChI is InChI=1S/C73H51N5/c1-47-63(48-20-5-2-6-21-48)43-54-36-39-56(77-66-32-15-11-28-59(66)60-29-12-16-33-67(60)77)46-65(54)58-41-38-53(44-64(47)58)57-40-37-52(45-70(57)78-68-34-17-13-30-61(68)62-31-14-18-35-69(62)78)51-26-19-27-55(42-51)73-75-71(49-22-7-3-8-23-49)74-72(76-73)50-24-9-4-10-25-50/h2-42,44-47,63H,43H2,1H3. The van der Waals surface area contributed by atoms with Crippen molar-refractivity contribution in [2.45, 2.75) is 25.2 Å². The van der Waals surface area contributed by atoms with Gasteiger partial charge in [0.15, 0.2) is 17.5 Å². The Morgan fingerprint density at radius 2 is 0.795 bits per heavy atom. The highest BCUT2D eigenvalue weighted by atomic mass is 15.0. The zero-order chi connectivity index (χ0) is 51.7. The van der Waals surface area contributed by atoms with Crippen LogP contribution in [-0.2, 0) is 6.42 Å². The molecule has 0 fully saturated rings. The topological polar surface area (TPSA) is 48.5 Å². The van der Waals surface area contributed by atoms with E-state index in [9.17, 15) is 0 Å². The molecule has 5 nitrogen and oxygen atoms in total. The lowest BCUT2D eigenvalue weighted by atomic mass is 9.79. The van der Waals surface area contributed by atoms with Crippen molar-refractivity contribution in [1.29, 1.82) is 0 Å². The Kier molecular flexibility index (Phi) is 10.9. The second-order valence-corrected chi connectivity index (χ2v) is 20.7. The minimum atomic E-state index is 0.213. The normalized spacial score (nSPS) is 14.2. The lowest BCUT2D eigenvalue weighted by Gasteiger charge is -2.25. The van der Waals surface area contributed by atoms with E-state index in [0.29, 0.717) is 17.5 Å². The van der Waals surface area contributed by atoms with Gasteiger partial charge in [-0.2, -0.15) is 0 Å². The maximum absolute atomic E-state index is 5.12. The molecule has 2 atom stereocenters. The van der Waals surface area contributed by atoms with Gasteiger partial charge in [-0.25, -0.2) is 15.0 Å². The van der Waals surface area contributed by atoms with Crippen molar-refractivity contribution in [2.75, 3.05) is 0 Å². The maximum Gasteiger partial charge on any atom is 0.164 e. The number of benzene rings is 11. The summed E-state index contributed by atoms with van der Waals surface area (Å²) in [7, 11) is 0. The molecule has 0 aliphatic heterocycles. The Bertz CT molecular complexity index is 4450. The minimum absolute atomic E-state index is 0.213. The van der Waals surface area contributed by atoms with Gasteiger partial charge in [-0.15, -0.1) is 0 Å². The Morgan fingerprint density at radius 3 is 1.38 bits per heavy atom. The predicted molar refractivity (Wildman–Crippen MR) is 322 cm³/mol. The second kappa shape index (κ2) is 18.7. The fourth-order valence-electron chi connectivity index (χ4n) is 12.5. The Balaban J connectivity index is 0.918. The van der Waals surface area contributed by atoms with Crippen LogP contribution in [0.1, 0.15) is 35.4 Å². The van der Waals surface area contributed by atoms with Crippen molar-refractivity contribution in [3.8, 4) is 78.9 Å². The van der Waals surface area contributed by atoms with Crippen molar-refractivity contribution in [3.63, 3.8) is 0 Å². The molecular weight excluding hydrogens is 947 g/mol. The third-order valence-corrected chi connectivity index (χ3v) is 16.3. The van der Waals surface area contributed by atoms with Crippen LogP contribution in [0.2, 0.25) is 0 Å². The molecule has 0 saturated carbocycles. The molecule has 2 unspecified atom stereocenters. The first kappa shape index (κ1) is 45.4. The quantitative estimate of drug-likeness (QED) is 0.152. The SMILES string of the molecule is CC1c2cc(-c3ccc(-c4cccc(-c5nc(-c6ccccc6)nc(-c6ccccc6)n5)c4)cc3-n3c4ccccc4c4ccccc43)ccc2-c2cc(-n3c4ccccc4c4ccccc43)ccc2CC1c1ccccc1. The average Bonchev–Trinajstić information content (AvgIpc) is 4.20. The van der Waals surface area contributed by atoms with Crippen molar-refractivity contribution in [1.82, 2.24) is 24.1 Å². The molecule has 3 heterocycles. The molecule has 14 aromatic rings. The molecule has 0 saturated heterocycles. The highest BCUT2D eigenvalue weighted by molar-refractivity contribution is 6.11. The summed E-state index contributed by atoms with van der Waals surface area (Å²) in [5.41, 5.74) is 21.0. The van der Waals surface area contributed by atoms with E-state index in [4.69, 9.17) is 15.0 Å². The Morgan fingerprint density at radius 1 is 0.333 bits per heavy atom. The van der Waals surface area contributed by atoms with Crippen molar-refractivity contribution in [2.24, 2.45) is 0 Å². The van der Waals surface area contributed by atoms with E-state index in [0.717, 1.165) is 56.5 Å². The molecule has 0 spiro atoms. The van der Waals surface area contributed by atoms with Crippen LogP contribution in [-0.4, -0.2) is 24.1 Å². The zero-order valence-electron chi connectivity index (χ0n) is 43.0. The van der Waals surface area contributed by atoms with Crippen LogP contribution in [0.4, 0.5) is 0 Å². The predicted octanol–water partition coefficient (Wildman–Crippen LogP) is 18.5. The van der Waals surface area contributed by atoms with Crippen LogP contribution >= 0.6 is 0 Å². The maximum atomic E-state index is 5.12. The molecule has 0 N–H and O–H groups in total. The van der Waals surface area contributed by atoms with Gasteiger partial charge in [-0.05, 0) is 111 Å². The van der Waals surface area contributed by atoms with Crippen LogP contribution in [0.5, 0.6) is 0 Å². The van der Waals surface area contributed by atoms with Crippen LogP contribution in [0.3, 0.4) is 0 Å². The monoisotopic (exact) mass is 997 g/mol. The van der Waals surface area contributed by atoms with E-state index in [-0.39, 0.29) is 11.8 Å². The van der Waals surface area contributed by atoms with E-state index in [1.807, 2.05) is 36.4 Å². The fourth-order valence-corrected chi connectivity index (χ4v) is 12.5. The first-order valence-corrected chi connectivity index (χ1v) is 27.0. The third-order valence-electron chi connectivity index (χ3n) is 16.3. The molecular formula is C73H51N5. The van der Waals surface area contributed by atoms with Crippen LogP contribution in [0.15, 0.2) is 267 Å². The lowest BCUT2D eigenvalue weighted by molar-refractivity contribution is 0.579. The largest absolute Gasteiger partial charge is 0.309 e. The number of hydrogen-bond acceptors (Lipinski definition) is 3. The summed E-state index contributed by atoms with van der Waals surface area (Å²) in [5, 5.41) is 4.98. The molecule has 3 aromatic heterocycles. The number of rotatable bonds is 8. The summed E-state index contributed by atoms with van der Waals surface area (Å²) in [6.07, 6.45) is 0.935. The number of nitrogens with zero attached hydrogens (tertiary/aromatic N) is 5. The summed E-state index contributed by atoms with van der Waals surface area (Å²) >= 11 is 0. The van der Waals surface area contributed by atoms with Crippen molar-refractivity contribution >= 4 is 43.6 Å². The van der Waals surface area contributed by atoms with E-state index < -0.39 is 0 Å². The Hall–Kier alpha value is -9.97. The smallest absolute Gasteiger partial charge is 0.164 e. The molecule has 1 aliphatic carbocycles. The number of fused-ring (bicyclic) bond motifs is 9. The second-order valence-electron chi connectivity index (χ2n) is 20.7. The molecule has 0 amide bonds. The van der Waals surface area contributed by atoms with Crippen LogP contribution in [0.25, 0.3) is 123 Å². The number of aromatic nitrogens is 5. The molecule has 0 bridgehead atoms. The molecule has 15 rings (SSSR count). The highest BCUT2D eigenvalue weighted by Crippen LogP contribution is 2.48. The fraction of sp³-hybridized carbons (Fsp3) is 0.0548. The van der Waals surface area contributed by atoms with Gasteiger partial charge in [-0.1, -0.05) is 225 Å². The first-order valence-electron chi connectivity index (χ1n) is 27.0. The van der Waals surface area contributed by atoms with E-state index in [2.05, 4.69) is 247 Å². The van der Waals surface area contributed by atoms with E-state index in [1.165, 1.54) is 71.6 Å². The van der Waals surface area contributed by atoms with Gasteiger partial charge in [0.05, 0.1) is 27.8 Å². The zero-order valence-corrected chi connectivity index (χ0v) is 43.0. The van der Waals surface area contributed by atoms with Crippen LogP contribution < -0.4 is 0 Å². The van der Waals surface area contributed by atoms with Crippen molar-refractivity contribution in [3.05, 3.63) is 284 Å². The van der Waals surface area contributed by atoms with Gasteiger partial charge in [-0.3, -0.25) is 0 Å². The summed E-state index contributed by atoms with van der Waals surface area (Å²) < 4.78 is 4.93.